The second-order valence-corrected chi connectivity index (χ2v) is 13.6. The van der Waals surface area contributed by atoms with Crippen molar-refractivity contribution in [2.45, 2.75) is 55.5 Å². The normalized spacial score (nSPS) is 14.1. The molecule has 0 radical (unpaired) electrons. The van der Waals surface area contributed by atoms with E-state index in [0.29, 0.717) is 17.7 Å². The molecule has 1 aromatic heterocycles. The molecule has 2 amide bonds. The van der Waals surface area contributed by atoms with Crippen LogP contribution in [-0.4, -0.2) is 52.5 Å². The molecule has 1 fully saturated rings. The largest absolute Gasteiger partial charge is 0.480 e. The first kappa shape index (κ1) is 35.7. The Hall–Kier alpha value is -5.64. The lowest BCUT2D eigenvalue weighted by molar-refractivity contribution is -0.139. The van der Waals surface area contributed by atoms with Gasteiger partial charge in [0.15, 0.2) is 0 Å². The predicted molar refractivity (Wildman–Crippen MR) is 178 cm³/mol. The van der Waals surface area contributed by atoms with Crippen LogP contribution in [0.4, 0.5) is 14.5 Å². The number of benzene rings is 3. The lowest BCUT2D eigenvalue weighted by Gasteiger charge is -2.22. The molecule has 0 spiro atoms. The number of aryl methyl sites for hydroxylation is 1. The molecular formula is C34H33F2N5O8S. The number of rotatable bonds is 11. The molecule has 16 heteroatoms. The molecule has 1 heterocycles. The van der Waals surface area contributed by atoms with Gasteiger partial charge in [-0.1, -0.05) is 31.4 Å². The number of anilines is 1. The molecule has 5 rings (SSSR count). The summed E-state index contributed by atoms with van der Waals surface area (Å²) >= 11 is 0. The van der Waals surface area contributed by atoms with Crippen molar-refractivity contribution in [2.24, 2.45) is 7.05 Å². The number of sulfonamides is 1. The standard InChI is InChI=1S/C34H33F2N5O8S/c1-40-16-15-29(42)41(34(40)47)24-11-7-20(8-12-24)17-28(33(45)46)38-32(44)30-26(35)18-23(19-27(30)36)39-50(48,49)25-13-9-21(10-14-25)31(43)37-22-5-3-2-4-6-22/h7-16,18-19,22,28,39H,2-6,17H2,1H3,(H,37,43)(H,38,44)(H,45,46)/t28-/m0/s1. The molecule has 13 nitrogen and oxygen atoms in total. The molecule has 0 bridgehead atoms. The maximum Gasteiger partial charge on any atom is 0.335 e. The third-order valence-corrected chi connectivity index (χ3v) is 9.68. The lowest BCUT2D eigenvalue weighted by atomic mass is 9.95. The van der Waals surface area contributed by atoms with Crippen LogP contribution in [0.15, 0.2) is 87.4 Å². The van der Waals surface area contributed by atoms with Gasteiger partial charge >= 0.3 is 11.7 Å². The minimum absolute atomic E-state index is 0.0527. The van der Waals surface area contributed by atoms with E-state index >= 15 is 8.78 Å². The second-order valence-electron chi connectivity index (χ2n) is 11.9. The third-order valence-electron chi connectivity index (χ3n) is 8.28. The smallest absolute Gasteiger partial charge is 0.335 e. The SMILES string of the molecule is Cn1ccc(=O)n(-c2ccc(C[C@H](NC(=O)c3c(F)cc(NS(=O)(=O)c4ccc(C(=O)NC5CCCCC5)cc4)cc3F)C(=O)O)cc2)c1=O. The van der Waals surface area contributed by atoms with E-state index in [4.69, 9.17) is 0 Å². The van der Waals surface area contributed by atoms with Gasteiger partial charge in [0.05, 0.1) is 16.3 Å². The number of aromatic nitrogens is 2. The minimum Gasteiger partial charge on any atom is -0.480 e. The van der Waals surface area contributed by atoms with E-state index < -0.39 is 62.1 Å². The third kappa shape index (κ3) is 8.14. The summed E-state index contributed by atoms with van der Waals surface area (Å²) in [6, 6.07) is 11.4. The van der Waals surface area contributed by atoms with E-state index in [2.05, 4.69) is 10.6 Å². The first-order chi connectivity index (χ1) is 23.7. The molecule has 1 atom stereocenters. The number of hydrogen-bond donors (Lipinski definition) is 4. The zero-order valence-corrected chi connectivity index (χ0v) is 27.5. The van der Waals surface area contributed by atoms with E-state index in [0.717, 1.165) is 36.7 Å². The van der Waals surface area contributed by atoms with Crippen molar-refractivity contribution in [3.05, 3.63) is 122 Å². The summed E-state index contributed by atoms with van der Waals surface area (Å²) in [5.74, 6) is -6.18. The maximum absolute atomic E-state index is 15.1. The Kier molecular flexibility index (Phi) is 10.6. The molecule has 0 aliphatic heterocycles. The minimum atomic E-state index is -4.37. The molecule has 0 saturated heterocycles. The Balaban J connectivity index is 1.25. The van der Waals surface area contributed by atoms with Gasteiger partial charge in [-0.3, -0.25) is 19.1 Å². The molecule has 1 aliphatic carbocycles. The number of nitrogens with one attached hydrogen (secondary N) is 3. The van der Waals surface area contributed by atoms with Crippen molar-refractivity contribution in [1.82, 2.24) is 19.8 Å². The van der Waals surface area contributed by atoms with Gasteiger partial charge in [0.25, 0.3) is 27.4 Å². The van der Waals surface area contributed by atoms with Crippen molar-refractivity contribution in [1.29, 1.82) is 0 Å². The molecular weight excluding hydrogens is 676 g/mol. The van der Waals surface area contributed by atoms with Crippen LogP contribution >= 0.6 is 0 Å². The molecule has 50 heavy (non-hydrogen) atoms. The number of carboxylic acid groups (broad SMARTS) is 1. The summed E-state index contributed by atoms with van der Waals surface area (Å²) < 4.78 is 60.2. The average Bonchev–Trinajstić information content (AvgIpc) is 3.07. The molecule has 0 unspecified atom stereocenters. The van der Waals surface area contributed by atoms with E-state index in [1.165, 1.54) is 72.4 Å². The summed E-state index contributed by atoms with van der Waals surface area (Å²) in [5.41, 5.74) is -2.05. The van der Waals surface area contributed by atoms with Crippen molar-refractivity contribution < 1.29 is 36.7 Å². The molecule has 1 saturated carbocycles. The Labute approximate surface area is 284 Å². The first-order valence-electron chi connectivity index (χ1n) is 15.6. The Bertz CT molecular complexity index is 2140. The number of carbonyl (C=O) groups excluding carboxylic acids is 2. The number of carbonyl (C=O) groups is 3. The summed E-state index contributed by atoms with van der Waals surface area (Å²) in [4.78, 5) is 61.7. The highest BCUT2D eigenvalue weighted by Crippen LogP contribution is 2.23. The average molecular weight is 710 g/mol. The number of halogens is 2. The van der Waals surface area contributed by atoms with Crippen molar-refractivity contribution in [3.63, 3.8) is 0 Å². The van der Waals surface area contributed by atoms with Gasteiger partial charge in [0, 0.05) is 37.3 Å². The summed E-state index contributed by atoms with van der Waals surface area (Å²) in [7, 11) is -2.91. The molecule has 1 aliphatic rings. The Morgan fingerprint density at radius 3 is 2.12 bits per heavy atom. The summed E-state index contributed by atoms with van der Waals surface area (Å²) in [6.07, 6.45) is 5.88. The van der Waals surface area contributed by atoms with Gasteiger partial charge in [0.2, 0.25) is 0 Å². The van der Waals surface area contributed by atoms with E-state index in [-0.39, 0.29) is 34.5 Å². The highest BCUT2D eigenvalue weighted by Gasteiger charge is 2.27. The topological polar surface area (TPSA) is 186 Å². The van der Waals surface area contributed by atoms with Crippen LogP contribution in [0.2, 0.25) is 0 Å². The van der Waals surface area contributed by atoms with Crippen LogP contribution in [0.1, 0.15) is 58.4 Å². The highest BCUT2D eigenvalue weighted by atomic mass is 32.2. The van der Waals surface area contributed by atoms with E-state index in [1.807, 2.05) is 4.72 Å². The van der Waals surface area contributed by atoms with Crippen LogP contribution in [0.25, 0.3) is 5.69 Å². The van der Waals surface area contributed by atoms with Gasteiger partial charge in [-0.25, -0.2) is 31.4 Å². The zero-order chi connectivity index (χ0) is 36.2. The fraction of sp³-hybridized carbons (Fsp3) is 0.265. The molecule has 4 aromatic rings. The quantitative estimate of drug-likeness (QED) is 0.183. The van der Waals surface area contributed by atoms with E-state index in [9.17, 15) is 37.5 Å². The highest BCUT2D eigenvalue weighted by molar-refractivity contribution is 7.92. The van der Waals surface area contributed by atoms with Gasteiger partial charge < -0.3 is 20.3 Å². The predicted octanol–water partition coefficient (Wildman–Crippen LogP) is 3.10. The van der Waals surface area contributed by atoms with Crippen LogP contribution in [0, 0.1) is 11.6 Å². The molecule has 3 aromatic carbocycles. The Morgan fingerprint density at radius 2 is 1.52 bits per heavy atom. The number of aliphatic carboxylic acids is 1. The van der Waals surface area contributed by atoms with E-state index in [1.54, 1.807) is 0 Å². The fourth-order valence-corrected chi connectivity index (χ4v) is 6.66. The monoisotopic (exact) mass is 709 g/mol. The number of nitrogens with zero attached hydrogens (tertiary/aromatic N) is 2. The number of hydrogen-bond acceptors (Lipinski definition) is 7. The maximum atomic E-state index is 15.1. The second kappa shape index (κ2) is 14.9. The van der Waals surface area contributed by atoms with Crippen molar-refractivity contribution in [2.75, 3.05) is 4.72 Å². The molecule has 4 N–H and O–H groups in total. The van der Waals surface area contributed by atoms with Crippen LogP contribution < -0.4 is 26.6 Å². The van der Waals surface area contributed by atoms with Crippen molar-refractivity contribution >= 4 is 33.5 Å². The van der Waals surface area contributed by atoms with Crippen LogP contribution in [-0.2, 0) is 28.3 Å². The lowest BCUT2D eigenvalue weighted by Crippen LogP contribution is -2.43. The van der Waals surface area contributed by atoms with Gasteiger partial charge in [-0.2, -0.15) is 0 Å². The van der Waals surface area contributed by atoms with Crippen LogP contribution in [0.3, 0.4) is 0 Å². The number of amides is 2. The fourth-order valence-electron chi connectivity index (χ4n) is 5.62. The van der Waals surface area contributed by atoms with Crippen LogP contribution in [0.5, 0.6) is 0 Å². The molecule has 262 valence electrons. The van der Waals surface area contributed by atoms with Crippen molar-refractivity contribution in [3.8, 4) is 5.69 Å². The first-order valence-corrected chi connectivity index (χ1v) is 17.1. The van der Waals surface area contributed by atoms with Gasteiger partial charge in [-0.05, 0) is 66.9 Å². The summed E-state index contributed by atoms with van der Waals surface area (Å²) in [6.45, 7) is 0. The summed E-state index contributed by atoms with van der Waals surface area (Å²) in [5, 5.41) is 14.7. The number of carboxylic acids is 1. The van der Waals surface area contributed by atoms with Gasteiger partial charge in [-0.15, -0.1) is 0 Å². The zero-order valence-electron chi connectivity index (χ0n) is 26.7. The Morgan fingerprint density at radius 1 is 0.900 bits per heavy atom. The van der Waals surface area contributed by atoms with Gasteiger partial charge in [0.1, 0.15) is 23.2 Å².